The molecule has 0 nitrogen and oxygen atoms in total. The Kier molecular flexibility index (Phi) is 4.60. The molecule has 2 aromatic rings. The third kappa shape index (κ3) is 2.99. The van der Waals surface area contributed by atoms with Crippen LogP contribution in [-0.2, 0) is 0 Å². The lowest BCUT2D eigenvalue weighted by atomic mass is 9.97. The van der Waals surface area contributed by atoms with E-state index in [1.165, 1.54) is 5.56 Å². The minimum Gasteiger partial charge on any atom is -0.113 e. The molecule has 3 heteroatoms. The molecule has 100 valence electrons. The maximum atomic E-state index is 6.67. The van der Waals surface area contributed by atoms with E-state index in [9.17, 15) is 0 Å². The first kappa shape index (κ1) is 14.9. The van der Waals surface area contributed by atoms with Crippen LogP contribution in [0.4, 0.5) is 0 Å². The summed E-state index contributed by atoms with van der Waals surface area (Å²) in [6.07, 6.45) is 0. The zero-order chi connectivity index (χ0) is 14.2. The summed E-state index contributed by atoms with van der Waals surface area (Å²) in [7, 11) is 0. The van der Waals surface area contributed by atoms with Crippen LogP contribution in [0, 0.1) is 20.8 Å². The highest BCUT2D eigenvalue weighted by molar-refractivity contribution is 9.10. The van der Waals surface area contributed by atoms with E-state index in [1.54, 1.807) is 0 Å². The van der Waals surface area contributed by atoms with Crippen molar-refractivity contribution >= 4 is 39.1 Å². The largest absolute Gasteiger partial charge is 0.113 e. The standard InChI is InChI=1S/C16H15BrCl2/c1-9-5-4-6-12(15(9)17)16(19)13-7-11(3)14(18)8-10(13)2/h4-8,16H,1-3H3. The third-order valence-corrected chi connectivity index (χ3v) is 5.28. The maximum absolute atomic E-state index is 6.67. The Morgan fingerprint density at radius 3 is 2.32 bits per heavy atom. The van der Waals surface area contributed by atoms with Gasteiger partial charge in [-0.1, -0.05) is 51.8 Å². The van der Waals surface area contributed by atoms with Crippen molar-refractivity contribution in [1.82, 2.24) is 0 Å². The first-order valence-corrected chi connectivity index (χ1v) is 7.68. The minimum atomic E-state index is -0.176. The summed E-state index contributed by atoms with van der Waals surface area (Å²) in [6.45, 7) is 6.11. The van der Waals surface area contributed by atoms with Crippen LogP contribution in [0.25, 0.3) is 0 Å². The number of aryl methyl sites for hydroxylation is 3. The molecule has 1 unspecified atom stereocenters. The van der Waals surface area contributed by atoms with E-state index in [0.717, 1.165) is 31.7 Å². The van der Waals surface area contributed by atoms with Crippen molar-refractivity contribution in [2.24, 2.45) is 0 Å². The number of benzene rings is 2. The molecule has 0 radical (unpaired) electrons. The van der Waals surface area contributed by atoms with Crippen molar-refractivity contribution in [3.05, 3.63) is 67.6 Å². The fourth-order valence-corrected chi connectivity index (χ4v) is 3.37. The van der Waals surface area contributed by atoms with E-state index in [0.29, 0.717) is 0 Å². The Balaban J connectivity index is 2.53. The molecule has 19 heavy (non-hydrogen) atoms. The summed E-state index contributed by atoms with van der Waals surface area (Å²) in [4.78, 5) is 0. The highest BCUT2D eigenvalue weighted by atomic mass is 79.9. The average Bonchev–Trinajstić information content (AvgIpc) is 2.36. The fraction of sp³-hybridized carbons (Fsp3) is 0.250. The van der Waals surface area contributed by atoms with Gasteiger partial charge in [0.25, 0.3) is 0 Å². The molecule has 0 fully saturated rings. The lowest BCUT2D eigenvalue weighted by Gasteiger charge is -2.17. The van der Waals surface area contributed by atoms with Gasteiger partial charge in [-0.3, -0.25) is 0 Å². The quantitative estimate of drug-likeness (QED) is 0.549. The van der Waals surface area contributed by atoms with Gasteiger partial charge in [-0.05, 0) is 54.7 Å². The topological polar surface area (TPSA) is 0 Å². The van der Waals surface area contributed by atoms with Crippen LogP contribution in [0.1, 0.15) is 33.2 Å². The van der Waals surface area contributed by atoms with Crippen LogP contribution in [0.5, 0.6) is 0 Å². The van der Waals surface area contributed by atoms with Crippen molar-refractivity contribution in [2.75, 3.05) is 0 Å². The van der Waals surface area contributed by atoms with Crippen molar-refractivity contribution in [3.8, 4) is 0 Å². The second-order valence-corrected chi connectivity index (χ2v) is 6.44. The normalized spacial score (nSPS) is 12.5. The monoisotopic (exact) mass is 356 g/mol. The molecule has 0 aliphatic heterocycles. The average molecular weight is 358 g/mol. The minimum absolute atomic E-state index is 0.176. The second-order valence-electron chi connectivity index (χ2n) is 4.80. The van der Waals surface area contributed by atoms with Gasteiger partial charge in [-0.2, -0.15) is 0 Å². The fourth-order valence-electron chi connectivity index (χ4n) is 2.11. The predicted molar refractivity (Wildman–Crippen MR) is 87.5 cm³/mol. The Hall–Kier alpha value is -0.500. The van der Waals surface area contributed by atoms with Gasteiger partial charge in [-0.25, -0.2) is 0 Å². The molecule has 0 spiro atoms. The highest BCUT2D eigenvalue weighted by Crippen LogP contribution is 2.38. The van der Waals surface area contributed by atoms with Crippen molar-refractivity contribution in [3.63, 3.8) is 0 Å². The van der Waals surface area contributed by atoms with Gasteiger partial charge in [0.1, 0.15) is 0 Å². The summed E-state index contributed by atoms with van der Waals surface area (Å²) < 4.78 is 1.07. The summed E-state index contributed by atoms with van der Waals surface area (Å²) in [5.74, 6) is 0. The number of halogens is 3. The predicted octanol–water partition coefficient (Wildman–Crippen LogP) is 6.36. The molecule has 2 aromatic carbocycles. The summed E-state index contributed by atoms with van der Waals surface area (Å²) in [5.41, 5.74) is 5.55. The van der Waals surface area contributed by atoms with Crippen LogP contribution in [0.3, 0.4) is 0 Å². The van der Waals surface area contributed by atoms with Crippen molar-refractivity contribution in [1.29, 1.82) is 0 Å². The van der Waals surface area contributed by atoms with E-state index < -0.39 is 0 Å². The lowest BCUT2D eigenvalue weighted by Crippen LogP contribution is -1.99. The highest BCUT2D eigenvalue weighted by Gasteiger charge is 2.17. The van der Waals surface area contributed by atoms with Gasteiger partial charge in [0.2, 0.25) is 0 Å². The van der Waals surface area contributed by atoms with Gasteiger partial charge in [0.05, 0.1) is 5.38 Å². The zero-order valence-corrected chi connectivity index (χ0v) is 14.2. The van der Waals surface area contributed by atoms with E-state index in [-0.39, 0.29) is 5.38 Å². The summed E-state index contributed by atoms with van der Waals surface area (Å²) in [6, 6.07) is 10.2. The molecule has 0 saturated carbocycles. The maximum Gasteiger partial charge on any atom is 0.0849 e. The number of hydrogen-bond acceptors (Lipinski definition) is 0. The molecule has 2 rings (SSSR count). The Morgan fingerprint density at radius 2 is 1.63 bits per heavy atom. The number of rotatable bonds is 2. The third-order valence-electron chi connectivity index (χ3n) is 3.32. The Labute approximate surface area is 132 Å². The number of hydrogen-bond donors (Lipinski definition) is 0. The molecule has 0 saturated heterocycles. The summed E-state index contributed by atoms with van der Waals surface area (Å²) in [5, 5.41) is 0.610. The second kappa shape index (κ2) is 5.87. The molecule has 0 aromatic heterocycles. The van der Waals surface area contributed by atoms with Crippen molar-refractivity contribution in [2.45, 2.75) is 26.1 Å². The molecule has 0 aliphatic carbocycles. The molecule has 0 bridgehead atoms. The van der Waals surface area contributed by atoms with Gasteiger partial charge < -0.3 is 0 Å². The van der Waals surface area contributed by atoms with E-state index in [4.69, 9.17) is 23.2 Å². The Bertz CT molecular complexity index is 620. The summed E-state index contributed by atoms with van der Waals surface area (Å²) >= 11 is 16.4. The zero-order valence-electron chi connectivity index (χ0n) is 11.1. The Morgan fingerprint density at radius 1 is 0.947 bits per heavy atom. The van der Waals surface area contributed by atoms with Crippen LogP contribution in [-0.4, -0.2) is 0 Å². The lowest BCUT2D eigenvalue weighted by molar-refractivity contribution is 1.08. The first-order valence-electron chi connectivity index (χ1n) is 6.07. The van der Waals surface area contributed by atoms with Gasteiger partial charge in [0, 0.05) is 9.50 Å². The molecule has 0 N–H and O–H groups in total. The number of alkyl halides is 1. The van der Waals surface area contributed by atoms with Crippen LogP contribution < -0.4 is 0 Å². The van der Waals surface area contributed by atoms with Gasteiger partial charge in [-0.15, -0.1) is 11.6 Å². The molecule has 1 atom stereocenters. The van der Waals surface area contributed by atoms with Gasteiger partial charge >= 0.3 is 0 Å². The first-order chi connectivity index (χ1) is 8.91. The van der Waals surface area contributed by atoms with Gasteiger partial charge in [0.15, 0.2) is 0 Å². The molecule has 0 amide bonds. The molecule has 0 heterocycles. The molecular formula is C16H15BrCl2. The SMILES string of the molecule is Cc1cc(C(Cl)c2cccc(C)c2Br)c(C)cc1Cl. The van der Waals surface area contributed by atoms with Crippen molar-refractivity contribution < 1.29 is 0 Å². The van der Waals surface area contributed by atoms with Crippen LogP contribution >= 0.6 is 39.1 Å². The van der Waals surface area contributed by atoms with Crippen LogP contribution in [0.2, 0.25) is 5.02 Å². The van der Waals surface area contributed by atoms with E-state index >= 15 is 0 Å². The molecular weight excluding hydrogens is 343 g/mol. The van der Waals surface area contributed by atoms with E-state index in [2.05, 4.69) is 41.1 Å². The molecule has 0 aliphatic rings. The smallest absolute Gasteiger partial charge is 0.0849 e. The van der Waals surface area contributed by atoms with E-state index in [1.807, 2.05) is 26.0 Å². The van der Waals surface area contributed by atoms with Crippen LogP contribution in [0.15, 0.2) is 34.8 Å².